The van der Waals surface area contributed by atoms with Crippen molar-refractivity contribution in [1.82, 2.24) is 14.8 Å². The first-order valence-electron chi connectivity index (χ1n) is 10.8. The lowest BCUT2D eigenvalue weighted by atomic mass is 10.1. The third-order valence-electron chi connectivity index (χ3n) is 5.30. The maximum Gasteiger partial charge on any atom is 0.234 e. The smallest absolute Gasteiger partial charge is 0.234 e. The summed E-state index contributed by atoms with van der Waals surface area (Å²) < 4.78 is 2.01. The van der Waals surface area contributed by atoms with Crippen molar-refractivity contribution in [2.75, 3.05) is 16.4 Å². The van der Waals surface area contributed by atoms with Crippen LogP contribution in [0.5, 0.6) is 0 Å². The number of nitrogens with one attached hydrogen (secondary N) is 2. The van der Waals surface area contributed by atoms with E-state index in [9.17, 15) is 9.59 Å². The van der Waals surface area contributed by atoms with E-state index in [1.165, 1.54) is 24.2 Å². The fourth-order valence-corrected chi connectivity index (χ4v) is 4.24. The van der Waals surface area contributed by atoms with E-state index in [1.807, 2.05) is 47.0 Å². The molecule has 7 nitrogen and oxygen atoms in total. The van der Waals surface area contributed by atoms with Gasteiger partial charge in [-0.2, -0.15) is 0 Å². The summed E-state index contributed by atoms with van der Waals surface area (Å²) in [5, 5.41) is 15.1. The van der Waals surface area contributed by atoms with Crippen LogP contribution in [-0.2, 0) is 9.59 Å². The quantitative estimate of drug-likeness (QED) is 0.360. The largest absolute Gasteiger partial charge is 0.326 e. The molecular weight excluding hydrogens is 446 g/mol. The lowest BCUT2D eigenvalue weighted by Gasteiger charge is -2.14. The van der Waals surface area contributed by atoms with Crippen LogP contribution in [0.15, 0.2) is 78.0 Å². The van der Waals surface area contributed by atoms with Crippen LogP contribution in [0.3, 0.4) is 0 Å². The molecule has 0 aliphatic carbocycles. The molecule has 0 radical (unpaired) electrons. The Labute approximate surface area is 202 Å². The average molecular weight is 472 g/mol. The maximum atomic E-state index is 12.6. The molecule has 1 heterocycles. The molecule has 4 rings (SSSR count). The minimum atomic E-state index is -0.158. The van der Waals surface area contributed by atoms with Crippen LogP contribution >= 0.6 is 11.8 Å². The van der Waals surface area contributed by atoms with Crippen molar-refractivity contribution in [2.24, 2.45) is 0 Å². The van der Waals surface area contributed by atoms with Crippen LogP contribution in [0.4, 0.5) is 11.4 Å². The Morgan fingerprint density at radius 2 is 1.53 bits per heavy atom. The molecule has 0 unspecified atom stereocenters. The molecule has 0 fully saturated rings. The lowest BCUT2D eigenvalue weighted by molar-refractivity contribution is -0.114. The van der Waals surface area contributed by atoms with E-state index in [1.54, 1.807) is 24.3 Å². The Morgan fingerprint density at radius 3 is 2.21 bits per heavy atom. The predicted octanol–water partition coefficient (Wildman–Crippen LogP) is 5.24. The average Bonchev–Trinajstić information content (AvgIpc) is 3.25. The van der Waals surface area contributed by atoms with Crippen LogP contribution in [0.25, 0.3) is 17.1 Å². The number of carbonyl (C=O) groups is 2. The van der Waals surface area contributed by atoms with Gasteiger partial charge in [-0.3, -0.25) is 14.2 Å². The van der Waals surface area contributed by atoms with Crippen molar-refractivity contribution in [3.63, 3.8) is 0 Å². The zero-order chi connectivity index (χ0) is 24.1. The molecule has 0 aliphatic heterocycles. The van der Waals surface area contributed by atoms with Crippen LogP contribution in [0.2, 0.25) is 0 Å². The SMILES string of the molecule is CC(=O)Nc1ccc(NC(=O)CSc2nnc(-c3ccccc3)n2-c2cccc(C)c2C)cc1. The number of hydrogen-bond donors (Lipinski definition) is 2. The van der Waals surface area contributed by atoms with Crippen molar-refractivity contribution in [2.45, 2.75) is 25.9 Å². The molecule has 4 aromatic rings. The van der Waals surface area contributed by atoms with Gasteiger partial charge in [0.25, 0.3) is 0 Å². The highest BCUT2D eigenvalue weighted by molar-refractivity contribution is 7.99. The van der Waals surface area contributed by atoms with Crippen molar-refractivity contribution in [3.05, 3.63) is 83.9 Å². The number of hydrogen-bond acceptors (Lipinski definition) is 5. The van der Waals surface area contributed by atoms with Gasteiger partial charge in [0.05, 0.1) is 11.4 Å². The topological polar surface area (TPSA) is 88.9 Å². The summed E-state index contributed by atoms with van der Waals surface area (Å²) in [5.41, 5.74) is 5.56. The first-order valence-corrected chi connectivity index (χ1v) is 11.8. The molecule has 0 spiro atoms. The summed E-state index contributed by atoms with van der Waals surface area (Å²) in [4.78, 5) is 23.8. The Morgan fingerprint density at radius 1 is 0.853 bits per heavy atom. The summed E-state index contributed by atoms with van der Waals surface area (Å²) in [6.07, 6.45) is 0. The van der Waals surface area contributed by atoms with Crippen LogP contribution in [0.1, 0.15) is 18.1 Å². The molecule has 2 N–H and O–H groups in total. The van der Waals surface area contributed by atoms with Crippen LogP contribution < -0.4 is 10.6 Å². The van der Waals surface area contributed by atoms with E-state index in [4.69, 9.17) is 0 Å². The monoisotopic (exact) mass is 471 g/mol. The Balaban J connectivity index is 1.55. The Hall–Kier alpha value is -3.91. The van der Waals surface area contributed by atoms with Gasteiger partial charge < -0.3 is 10.6 Å². The highest BCUT2D eigenvalue weighted by Gasteiger charge is 2.19. The van der Waals surface area contributed by atoms with Gasteiger partial charge in [-0.05, 0) is 55.3 Å². The van der Waals surface area contributed by atoms with Crippen molar-refractivity contribution >= 4 is 35.0 Å². The van der Waals surface area contributed by atoms with E-state index >= 15 is 0 Å². The number of thioether (sulfide) groups is 1. The maximum absolute atomic E-state index is 12.6. The molecule has 34 heavy (non-hydrogen) atoms. The summed E-state index contributed by atoms with van der Waals surface area (Å²) in [6, 6.07) is 23.0. The highest BCUT2D eigenvalue weighted by Crippen LogP contribution is 2.30. The first kappa shape index (κ1) is 23.3. The number of nitrogens with zero attached hydrogens (tertiary/aromatic N) is 3. The molecule has 0 aliphatic rings. The van der Waals surface area contributed by atoms with E-state index < -0.39 is 0 Å². The molecule has 0 saturated heterocycles. The Kier molecular flexibility index (Phi) is 7.08. The van der Waals surface area contributed by atoms with Crippen LogP contribution in [0, 0.1) is 13.8 Å². The van der Waals surface area contributed by atoms with Gasteiger partial charge in [0.1, 0.15) is 0 Å². The van der Waals surface area contributed by atoms with Gasteiger partial charge >= 0.3 is 0 Å². The molecule has 8 heteroatoms. The number of carbonyl (C=O) groups excluding carboxylic acids is 2. The summed E-state index contributed by atoms with van der Waals surface area (Å²) in [5.74, 6) is 0.599. The molecule has 0 saturated carbocycles. The summed E-state index contributed by atoms with van der Waals surface area (Å²) in [7, 11) is 0. The number of aryl methyl sites for hydroxylation is 1. The standard InChI is InChI=1S/C26H25N5O2S/c1-17-8-7-11-23(18(17)2)31-25(20-9-5-4-6-10-20)29-30-26(31)34-16-24(33)28-22-14-12-21(13-15-22)27-19(3)32/h4-15H,16H2,1-3H3,(H,27,32)(H,28,33). The zero-order valence-electron chi connectivity index (χ0n) is 19.2. The second-order valence-corrected chi connectivity index (χ2v) is 8.76. The van der Waals surface area contributed by atoms with E-state index in [0.717, 1.165) is 22.6 Å². The van der Waals surface area contributed by atoms with Crippen molar-refractivity contribution in [1.29, 1.82) is 0 Å². The van der Waals surface area contributed by atoms with Gasteiger partial charge in [0.2, 0.25) is 11.8 Å². The molecule has 2 amide bonds. The normalized spacial score (nSPS) is 10.7. The summed E-state index contributed by atoms with van der Waals surface area (Å²) >= 11 is 1.33. The fraction of sp³-hybridized carbons (Fsp3) is 0.154. The minimum Gasteiger partial charge on any atom is -0.326 e. The number of amides is 2. The zero-order valence-corrected chi connectivity index (χ0v) is 20.0. The van der Waals surface area contributed by atoms with Gasteiger partial charge in [0, 0.05) is 23.9 Å². The van der Waals surface area contributed by atoms with Gasteiger partial charge in [-0.25, -0.2) is 0 Å². The number of anilines is 2. The third kappa shape index (κ3) is 5.35. The molecule has 1 aromatic heterocycles. The fourth-order valence-electron chi connectivity index (χ4n) is 3.50. The number of benzene rings is 3. The molecule has 0 atom stereocenters. The minimum absolute atomic E-state index is 0.143. The molecule has 0 bridgehead atoms. The van der Waals surface area contributed by atoms with E-state index in [-0.39, 0.29) is 17.6 Å². The molecule has 3 aromatic carbocycles. The second-order valence-electron chi connectivity index (χ2n) is 7.82. The van der Waals surface area contributed by atoms with Crippen molar-refractivity contribution in [3.8, 4) is 17.1 Å². The Bertz CT molecular complexity index is 1320. The van der Waals surface area contributed by atoms with Crippen LogP contribution in [-0.4, -0.2) is 32.3 Å². The number of aromatic nitrogens is 3. The second kappa shape index (κ2) is 10.4. The first-order chi connectivity index (χ1) is 16.4. The summed E-state index contributed by atoms with van der Waals surface area (Å²) in [6.45, 7) is 5.60. The molecule has 172 valence electrons. The number of rotatable bonds is 7. The highest BCUT2D eigenvalue weighted by atomic mass is 32.2. The predicted molar refractivity (Wildman–Crippen MR) is 136 cm³/mol. The van der Waals surface area contributed by atoms with E-state index in [2.05, 4.69) is 40.7 Å². The van der Waals surface area contributed by atoms with Crippen molar-refractivity contribution < 1.29 is 9.59 Å². The third-order valence-corrected chi connectivity index (χ3v) is 6.23. The van der Waals surface area contributed by atoms with Gasteiger partial charge in [-0.15, -0.1) is 10.2 Å². The molecular formula is C26H25N5O2S. The van der Waals surface area contributed by atoms with E-state index in [0.29, 0.717) is 16.5 Å². The lowest BCUT2D eigenvalue weighted by Crippen LogP contribution is -2.15. The van der Waals surface area contributed by atoms with Gasteiger partial charge in [0.15, 0.2) is 11.0 Å². The van der Waals surface area contributed by atoms with Gasteiger partial charge in [-0.1, -0.05) is 54.2 Å².